The molecule has 2 fully saturated rings. The molecule has 2 heterocycles. The van der Waals surface area contributed by atoms with Gasteiger partial charge in [-0.3, -0.25) is 62.7 Å². The molecule has 632 valence electrons. The first-order valence-electron chi connectivity index (χ1n) is 38.4. The van der Waals surface area contributed by atoms with Gasteiger partial charge in [0, 0.05) is 70.0 Å². The highest BCUT2D eigenvalue weighted by atomic mass is 35.5. The Bertz CT molecular complexity index is 4650. The number of aliphatic hydroxyl groups is 1. The van der Waals surface area contributed by atoms with Crippen LogP contribution in [0.2, 0.25) is 5.02 Å². The van der Waals surface area contributed by atoms with E-state index in [1.54, 1.807) is 80.6 Å². The Hall–Kier alpha value is -10.5. The van der Waals surface area contributed by atoms with Crippen molar-refractivity contribution in [3.63, 3.8) is 0 Å². The maximum atomic E-state index is 15.5. The minimum atomic E-state index is -4.28. The molecule has 0 unspecified atom stereocenters. The van der Waals surface area contributed by atoms with Crippen molar-refractivity contribution in [1.82, 2.24) is 57.2 Å². The van der Waals surface area contributed by atoms with Crippen molar-refractivity contribution in [1.29, 1.82) is 0 Å². The largest absolute Gasteiger partial charge is 0.394 e. The van der Waals surface area contributed by atoms with E-state index in [0.717, 1.165) is 26.8 Å². The van der Waals surface area contributed by atoms with Crippen LogP contribution in [0, 0.1) is 5.92 Å². The Morgan fingerprint density at radius 3 is 1.49 bits per heavy atom. The Kier molecular flexibility index (Phi) is 34.7. The number of nitrogens with two attached hydrogens (primary N) is 6. The molecule has 6 aromatic carbocycles. The highest BCUT2D eigenvalue weighted by Crippen LogP contribution is 2.23. The van der Waals surface area contributed by atoms with Crippen LogP contribution in [0.15, 0.2) is 151 Å². The average Bonchev–Trinajstić information content (AvgIpc) is 1.33. The number of nitrogens with zero attached hydrogens (tertiary/aromatic N) is 4. The molecule has 6 aromatic rings. The predicted octanol–water partition coefficient (Wildman–Crippen LogP) is -1.07. The minimum absolute atomic E-state index is 0.0219. The summed E-state index contributed by atoms with van der Waals surface area (Å²) in [6.45, 7) is 6.62. The quantitative estimate of drug-likeness (QED) is 0.0123. The molecular weight excluding hydrogens is 1570 g/mol. The SMILES string of the molecule is CC(C)C[C@H](NC(=O)[C@@H](Cc1ccc(CN(CS(N)(=O)=O)CS(N)(=O)=O)cc1)NC(=O)[C@H](Cc1ccc(CN2CCOCC2)cc1)NC(=O)[C@H](CO)NC(=O)[C@@H](Cc1ccccc1)NC(=O)[C@@H](Cc1ccc(Cl)cc1)NC(=O)[C@H](N)Cc1ccc2ccccc2c1)C(=O)N[C@@H](CCCN=C(N)N)C(=O)N1CCC[C@H]1C(=O)N[C@H](C)C(N)=O. The first-order valence-corrected chi connectivity index (χ1v) is 42.3. The zero-order valence-electron chi connectivity index (χ0n) is 65.6. The van der Waals surface area contributed by atoms with Gasteiger partial charge in [-0.05, 0) is 113 Å². The van der Waals surface area contributed by atoms with Crippen LogP contribution in [0.25, 0.3) is 10.8 Å². The van der Waals surface area contributed by atoms with Gasteiger partial charge in [-0.25, -0.2) is 27.1 Å². The van der Waals surface area contributed by atoms with Gasteiger partial charge in [0.2, 0.25) is 79.1 Å². The predicted molar refractivity (Wildman–Crippen MR) is 440 cm³/mol. The van der Waals surface area contributed by atoms with Gasteiger partial charge < -0.3 is 80.2 Å². The number of sulfonamides is 2. The van der Waals surface area contributed by atoms with E-state index >= 15 is 14.4 Å². The average molecular weight is 1680 g/mol. The molecule has 0 bridgehead atoms. The highest BCUT2D eigenvalue weighted by molar-refractivity contribution is 7.89. The summed E-state index contributed by atoms with van der Waals surface area (Å²) in [5.74, 6) is -11.0. The number of halogens is 1. The zero-order valence-corrected chi connectivity index (χ0v) is 68.0. The maximum Gasteiger partial charge on any atom is 0.245 e. The lowest BCUT2D eigenvalue weighted by atomic mass is 9.99. The topological polar surface area (TPSA) is 543 Å². The van der Waals surface area contributed by atoms with E-state index < -0.39 is 158 Å². The second-order valence-corrected chi connectivity index (χ2v) is 33.5. The Labute approximate surface area is 685 Å². The number of fused-ring (bicyclic) bond motifs is 1. The van der Waals surface area contributed by atoms with E-state index in [4.69, 9.17) is 49.6 Å². The molecule has 117 heavy (non-hydrogen) atoms. The van der Waals surface area contributed by atoms with Gasteiger partial charge in [0.1, 0.15) is 66.1 Å². The number of nitrogens with one attached hydrogen (secondary N) is 8. The van der Waals surface area contributed by atoms with Crippen LogP contribution in [-0.4, -0.2) is 220 Å². The van der Waals surface area contributed by atoms with Crippen LogP contribution in [0.5, 0.6) is 0 Å². The lowest BCUT2D eigenvalue weighted by Gasteiger charge is -2.31. The Morgan fingerprint density at radius 2 is 0.974 bits per heavy atom. The number of rotatable bonds is 43. The number of morpholine rings is 1. The molecule has 0 radical (unpaired) electrons. The number of carbonyl (C=O) groups excluding carboxylic acids is 10. The number of primary sulfonamides is 2. The van der Waals surface area contributed by atoms with E-state index in [9.17, 15) is 55.5 Å². The van der Waals surface area contributed by atoms with E-state index in [-0.39, 0.29) is 89.3 Å². The molecule has 0 aliphatic carbocycles. The second kappa shape index (κ2) is 44.1. The van der Waals surface area contributed by atoms with Crippen LogP contribution in [0.1, 0.15) is 91.8 Å². The number of hydrogen-bond acceptors (Lipinski definition) is 20. The van der Waals surface area contributed by atoms with E-state index in [1.807, 2.05) is 54.6 Å². The lowest BCUT2D eigenvalue weighted by molar-refractivity contribution is -0.142. The van der Waals surface area contributed by atoms with Crippen molar-refractivity contribution >= 4 is 107 Å². The molecule has 37 heteroatoms. The number of hydrogen-bond donors (Lipinski definition) is 15. The fraction of sp³-hybridized carbons (Fsp3) is 0.438. The van der Waals surface area contributed by atoms with Gasteiger partial charge in [0.05, 0.1) is 25.9 Å². The zero-order chi connectivity index (χ0) is 85.1. The molecular formula is C80H107ClN18O16S2. The third kappa shape index (κ3) is 30.5. The number of ether oxygens (including phenoxy) is 1. The molecule has 34 nitrogen and oxygen atoms in total. The number of primary amides is 1. The number of amides is 10. The summed E-state index contributed by atoms with van der Waals surface area (Å²) in [5, 5.41) is 45.8. The fourth-order valence-electron chi connectivity index (χ4n) is 13.7. The molecule has 2 aliphatic heterocycles. The smallest absolute Gasteiger partial charge is 0.245 e. The summed E-state index contributed by atoms with van der Waals surface area (Å²) in [4.78, 5) is 154. The Balaban J connectivity index is 1.11. The third-order valence-electron chi connectivity index (χ3n) is 19.7. The Morgan fingerprint density at radius 1 is 0.530 bits per heavy atom. The maximum absolute atomic E-state index is 15.5. The van der Waals surface area contributed by atoms with Crippen molar-refractivity contribution in [3.05, 3.63) is 190 Å². The molecule has 0 spiro atoms. The normalized spacial score (nSPS) is 16.2. The molecule has 21 N–H and O–H groups in total. The van der Waals surface area contributed by atoms with E-state index in [1.165, 1.54) is 36.1 Å². The van der Waals surface area contributed by atoms with Gasteiger partial charge in [0.25, 0.3) is 0 Å². The number of likely N-dealkylation sites (tertiary alicyclic amines) is 1. The first kappa shape index (κ1) is 92.0. The number of benzene rings is 6. The first-order chi connectivity index (χ1) is 55.5. The number of guanidine groups is 1. The molecule has 0 aromatic heterocycles. The second-order valence-electron chi connectivity index (χ2n) is 29.9. The van der Waals surface area contributed by atoms with Crippen LogP contribution >= 0.6 is 11.6 Å². The van der Waals surface area contributed by atoms with Crippen molar-refractivity contribution < 1.29 is 74.6 Å². The summed E-state index contributed by atoms with van der Waals surface area (Å²) in [5.41, 5.74) is 27.2. The van der Waals surface area contributed by atoms with Gasteiger partial charge in [-0.2, -0.15) is 0 Å². The van der Waals surface area contributed by atoms with Crippen molar-refractivity contribution in [2.45, 2.75) is 158 Å². The summed E-state index contributed by atoms with van der Waals surface area (Å²) < 4.78 is 54.5. The summed E-state index contributed by atoms with van der Waals surface area (Å²) in [6.07, 6.45) is -0.279. The standard InChI is InChI=1S/C80H107ClN18O16S2/c1-49(2)37-63(72(103)90-62(15-9-31-88-80(84)85)79(110)99-32-10-16-69(99)78(109)89-50(3)70(83)101)92-74(105)66(41-53-19-23-56(24-20-53)45-98(47-116(86,111)112)48-117(87,113)114)94-75(106)67(42-52-17-21-55(22-18-52)44-97-33-35-115-36-34-97)95-77(108)68(46-100)96-76(107)65(40-51-11-5-4-6-12-51)93-73(104)64(43-54-26-29-60(81)30-27-54)91-71(102)61(82)39-57-25-28-58-13-7-8-14-59(58)38-57/h4-8,11-14,17-30,38,49-50,61-69,100H,9-10,15-16,31-37,39-48,82H2,1-3H3,(H2,83,101)(H,89,109)(H,90,103)(H,91,102)(H,92,105)(H,93,104)(H,94,106)(H,95,108)(H,96,107)(H4,84,85,88)(H2,86,111,112)(H2,87,113,114)/t50-,61-,62+,63+,64-,65-,66-,67+,68+,69+/m1/s1. The lowest BCUT2D eigenvalue weighted by Crippen LogP contribution is -2.61. The number of aliphatic imine (C=N–C) groups is 1. The van der Waals surface area contributed by atoms with E-state index in [2.05, 4.69) is 52.4 Å². The molecule has 2 aliphatic rings. The monoisotopic (exact) mass is 1670 g/mol. The van der Waals surface area contributed by atoms with Gasteiger partial charge in [-0.1, -0.05) is 159 Å². The van der Waals surface area contributed by atoms with Crippen molar-refractivity contribution in [2.24, 2.45) is 44.1 Å². The highest BCUT2D eigenvalue weighted by Gasteiger charge is 2.41. The van der Waals surface area contributed by atoms with Crippen LogP contribution in [-0.2, 0) is 118 Å². The van der Waals surface area contributed by atoms with Crippen LogP contribution in [0.3, 0.4) is 0 Å². The fourth-order valence-corrected chi connectivity index (χ4v) is 15.3. The molecule has 10 amide bonds. The summed E-state index contributed by atoms with van der Waals surface area (Å²) >= 11 is 6.26. The van der Waals surface area contributed by atoms with Gasteiger partial charge in [-0.15, -0.1) is 0 Å². The van der Waals surface area contributed by atoms with Crippen LogP contribution < -0.4 is 75.7 Å². The molecule has 0 saturated carbocycles. The molecule has 2 saturated heterocycles. The number of aliphatic hydroxyl groups excluding tert-OH is 1. The summed E-state index contributed by atoms with van der Waals surface area (Å²) in [6, 6.07) is 27.5. The van der Waals surface area contributed by atoms with Gasteiger partial charge >= 0.3 is 0 Å². The third-order valence-corrected chi connectivity index (χ3v) is 21.4. The molecule has 10 atom stereocenters. The van der Waals surface area contributed by atoms with Gasteiger partial charge in [0.15, 0.2) is 5.96 Å². The van der Waals surface area contributed by atoms with Crippen LogP contribution in [0.4, 0.5) is 0 Å². The summed E-state index contributed by atoms with van der Waals surface area (Å²) in [7, 11) is -8.56. The van der Waals surface area contributed by atoms with Crippen molar-refractivity contribution in [2.75, 3.05) is 57.8 Å². The number of carbonyl (C=O) groups is 10. The molecule has 8 rings (SSSR count). The van der Waals surface area contributed by atoms with E-state index in [0.29, 0.717) is 72.1 Å². The van der Waals surface area contributed by atoms with Crippen molar-refractivity contribution in [3.8, 4) is 0 Å². The minimum Gasteiger partial charge on any atom is -0.394 e.